The fourth-order valence-electron chi connectivity index (χ4n) is 2.57. The molecule has 2 aliphatic rings. The van der Waals surface area contributed by atoms with Gasteiger partial charge in [0.1, 0.15) is 0 Å². The van der Waals surface area contributed by atoms with E-state index in [1.807, 2.05) is 12.1 Å². The highest BCUT2D eigenvalue weighted by Gasteiger charge is 2.44. The van der Waals surface area contributed by atoms with Crippen LogP contribution in [0.5, 0.6) is 0 Å². The van der Waals surface area contributed by atoms with E-state index in [4.69, 9.17) is 4.74 Å². The number of non-ortho nitro benzene ring substituents is 1. The van der Waals surface area contributed by atoms with E-state index in [0.717, 1.165) is 38.4 Å². The highest BCUT2D eigenvalue weighted by molar-refractivity contribution is 5.52. The molecule has 0 N–H and O–H groups in total. The maximum atomic E-state index is 10.6. The van der Waals surface area contributed by atoms with Crippen LogP contribution in [0.2, 0.25) is 0 Å². The lowest BCUT2D eigenvalue weighted by atomic mass is 9.85. The van der Waals surface area contributed by atoms with Gasteiger partial charge in [0.2, 0.25) is 0 Å². The molecule has 90 valence electrons. The molecule has 0 radical (unpaired) electrons. The smallest absolute Gasteiger partial charge is 0.269 e. The Morgan fingerprint density at radius 2 is 2.00 bits per heavy atom. The minimum atomic E-state index is -0.366. The SMILES string of the molecule is O=[N+]([O-])c1ccc(N2CCC3(COC3)C2)cc1. The predicted octanol–water partition coefficient (Wildman–Crippen LogP) is 1.82. The van der Waals surface area contributed by atoms with E-state index in [1.54, 1.807) is 12.1 Å². The Bertz CT molecular complexity index is 440. The first kappa shape index (κ1) is 10.5. The Morgan fingerprint density at radius 1 is 1.29 bits per heavy atom. The Labute approximate surface area is 99.1 Å². The summed E-state index contributed by atoms with van der Waals surface area (Å²) in [5.41, 5.74) is 1.57. The zero-order chi connectivity index (χ0) is 11.9. The zero-order valence-electron chi connectivity index (χ0n) is 9.46. The highest BCUT2D eigenvalue weighted by atomic mass is 16.6. The molecule has 0 amide bonds. The third kappa shape index (κ3) is 1.76. The van der Waals surface area contributed by atoms with Crippen LogP contribution in [0.4, 0.5) is 11.4 Å². The average molecular weight is 234 g/mol. The van der Waals surface area contributed by atoms with Gasteiger partial charge in [-0.2, -0.15) is 0 Å². The topological polar surface area (TPSA) is 55.6 Å². The average Bonchev–Trinajstić information content (AvgIpc) is 2.74. The fourth-order valence-corrected chi connectivity index (χ4v) is 2.57. The second-order valence-corrected chi connectivity index (χ2v) is 4.94. The molecule has 0 aliphatic carbocycles. The van der Waals surface area contributed by atoms with E-state index in [9.17, 15) is 10.1 Å². The maximum Gasteiger partial charge on any atom is 0.269 e. The lowest BCUT2D eigenvalue weighted by Crippen LogP contribution is -2.44. The molecule has 0 unspecified atom stereocenters. The van der Waals surface area contributed by atoms with Gasteiger partial charge in [0.15, 0.2) is 0 Å². The fraction of sp³-hybridized carbons (Fsp3) is 0.500. The van der Waals surface area contributed by atoms with Gasteiger partial charge in [0, 0.05) is 36.3 Å². The molecule has 17 heavy (non-hydrogen) atoms. The second kappa shape index (κ2) is 3.70. The van der Waals surface area contributed by atoms with Crippen LogP contribution in [0, 0.1) is 15.5 Å². The first-order chi connectivity index (χ1) is 8.19. The van der Waals surface area contributed by atoms with Crippen LogP contribution >= 0.6 is 0 Å². The first-order valence-corrected chi connectivity index (χ1v) is 5.76. The molecular formula is C12H14N2O3. The summed E-state index contributed by atoms with van der Waals surface area (Å²) in [4.78, 5) is 12.5. The number of nitrogens with zero attached hydrogens (tertiary/aromatic N) is 2. The summed E-state index contributed by atoms with van der Waals surface area (Å²) in [5.74, 6) is 0. The standard InChI is InChI=1S/C12H14N2O3/c15-14(16)11-3-1-10(2-4-11)13-6-5-12(7-13)8-17-9-12/h1-4H,5-9H2. The van der Waals surface area contributed by atoms with Crippen molar-refractivity contribution in [3.8, 4) is 0 Å². The van der Waals surface area contributed by atoms with Crippen LogP contribution in [0.15, 0.2) is 24.3 Å². The zero-order valence-corrected chi connectivity index (χ0v) is 9.46. The number of nitro groups is 1. The first-order valence-electron chi connectivity index (χ1n) is 5.76. The van der Waals surface area contributed by atoms with Gasteiger partial charge in [-0.05, 0) is 18.6 Å². The monoisotopic (exact) mass is 234 g/mol. The third-order valence-electron chi connectivity index (χ3n) is 3.68. The summed E-state index contributed by atoms with van der Waals surface area (Å²) < 4.78 is 5.28. The van der Waals surface area contributed by atoms with Crippen LogP contribution < -0.4 is 4.90 Å². The summed E-state index contributed by atoms with van der Waals surface area (Å²) in [5, 5.41) is 10.6. The Balaban J connectivity index is 1.74. The molecule has 5 heteroatoms. The van der Waals surface area contributed by atoms with Crippen molar-refractivity contribution in [3.05, 3.63) is 34.4 Å². The Morgan fingerprint density at radius 3 is 2.47 bits per heavy atom. The number of hydrogen-bond donors (Lipinski definition) is 0. The number of ether oxygens (including phenoxy) is 1. The van der Waals surface area contributed by atoms with Crippen LogP contribution in [0.1, 0.15) is 6.42 Å². The molecule has 2 aliphatic heterocycles. The predicted molar refractivity (Wildman–Crippen MR) is 63.2 cm³/mol. The van der Waals surface area contributed by atoms with Crippen LogP contribution in [-0.2, 0) is 4.74 Å². The summed E-state index contributed by atoms with van der Waals surface area (Å²) in [6.07, 6.45) is 1.16. The lowest BCUT2D eigenvalue weighted by molar-refractivity contribution is -0.384. The quantitative estimate of drug-likeness (QED) is 0.578. The van der Waals surface area contributed by atoms with Crippen LogP contribution in [0.25, 0.3) is 0 Å². The van der Waals surface area contributed by atoms with E-state index in [-0.39, 0.29) is 10.6 Å². The van der Waals surface area contributed by atoms with Gasteiger partial charge in [-0.25, -0.2) is 0 Å². The number of hydrogen-bond acceptors (Lipinski definition) is 4. The number of benzene rings is 1. The van der Waals surface area contributed by atoms with Crippen molar-refractivity contribution in [2.24, 2.45) is 5.41 Å². The molecule has 2 saturated heterocycles. The summed E-state index contributed by atoms with van der Waals surface area (Å²) in [6, 6.07) is 6.79. The molecule has 0 atom stereocenters. The lowest BCUT2D eigenvalue weighted by Gasteiger charge is -2.37. The van der Waals surface area contributed by atoms with E-state index >= 15 is 0 Å². The Kier molecular flexibility index (Phi) is 2.29. The van der Waals surface area contributed by atoms with Gasteiger partial charge in [-0.1, -0.05) is 0 Å². The molecule has 2 heterocycles. The molecule has 1 spiro atoms. The summed E-state index contributed by atoms with van der Waals surface area (Å²) >= 11 is 0. The minimum absolute atomic E-state index is 0.148. The van der Waals surface area contributed by atoms with Crippen molar-refractivity contribution >= 4 is 11.4 Å². The van der Waals surface area contributed by atoms with Crippen molar-refractivity contribution in [1.82, 2.24) is 0 Å². The second-order valence-electron chi connectivity index (χ2n) is 4.94. The van der Waals surface area contributed by atoms with Gasteiger partial charge in [-0.15, -0.1) is 0 Å². The normalized spacial score (nSPS) is 21.5. The van der Waals surface area contributed by atoms with Crippen molar-refractivity contribution in [2.45, 2.75) is 6.42 Å². The maximum absolute atomic E-state index is 10.6. The van der Waals surface area contributed by atoms with Crippen molar-refractivity contribution in [2.75, 3.05) is 31.2 Å². The third-order valence-corrected chi connectivity index (χ3v) is 3.68. The summed E-state index contributed by atoms with van der Waals surface area (Å²) in [6.45, 7) is 3.74. The molecule has 5 nitrogen and oxygen atoms in total. The van der Waals surface area contributed by atoms with Gasteiger partial charge in [-0.3, -0.25) is 10.1 Å². The van der Waals surface area contributed by atoms with Crippen LogP contribution in [-0.4, -0.2) is 31.2 Å². The molecule has 0 bridgehead atoms. The van der Waals surface area contributed by atoms with Gasteiger partial charge in [0.25, 0.3) is 5.69 Å². The molecule has 2 fully saturated rings. The molecule has 0 aromatic heterocycles. The molecular weight excluding hydrogens is 220 g/mol. The van der Waals surface area contributed by atoms with Crippen molar-refractivity contribution < 1.29 is 9.66 Å². The van der Waals surface area contributed by atoms with Crippen LogP contribution in [0.3, 0.4) is 0 Å². The molecule has 1 aromatic rings. The van der Waals surface area contributed by atoms with E-state index in [1.165, 1.54) is 0 Å². The Hall–Kier alpha value is -1.62. The molecule has 3 rings (SSSR count). The van der Waals surface area contributed by atoms with E-state index < -0.39 is 0 Å². The highest BCUT2D eigenvalue weighted by Crippen LogP contribution is 2.39. The van der Waals surface area contributed by atoms with Crippen molar-refractivity contribution in [3.63, 3.8) is 0 Å². The van der Waals surface area contributed by atoms with Gasteiger partial charge in [0.05, 0.1) is 18.1 Å². The molecule has 0 saturated carbocycles. The largest absolute Gasteiger partial charge is 0.380 e. The van der Waals surface area contributed by atoms with E-state index in [0.29, 0.717) is 5.41 Å². The van der Waals surface area contributed by atoms with Crippen molar-refractivity contribution in [1.29, 1.82) is 0 Å². The molecule has 1 aromatic carbocycles. The van der Waals surface area contributed by atoms with Gasteiger partial charge < -0.3 is 9.64 Å². The number of nitro benzene ring substituents is 1. The van der Waals surface area contributed by atoms with E-state index in [2.05, 4.69) is 4.90 Å². The summed E-state index contributed by atoms with van der Waals surface area (Å²) in [7, 11) is 0. The number of anilines is 1. The minimum Gasteiger partial charge on any atom is -0.380 e. The number of rotatable bonds is 2. The van der Waals surface area contributed by atoms with Gasteiger partial charge >= 0.3 is 0 Å².